The zero-order chi connectivity index (χ0) is 25.3. The van der Waals surface area contributed by atoms with Crippen molar-refractivity contribution in [2.24, 2.45) is 0 Å². The molecule has 9 heteroatoms. The number of benzene rings is 1. The molecule has 1 saturated carbocycles. The first-order valence-corrected chi connectivity index (χ1v) is 12.7. The number of ether oxygens (including phenoxy) is 2. The average Bonchev–Trinajstić information content (AvgIpc) is 3.62. The van der Waals surface area contributed by atoms with Crippen molar-refractivity contribution in [3.05, 3.63) is 54.0 Å². The summed E-state index contributed by atoms with van der Waals surface area (Å²) in [7, 11) is 1.57. The molecule has 1 aliphatic heterocycles. The number of rotatable bonds is 10. The fourth-order valence-electron chi connectivity index (χ4n) is 4.92. The van der Waals surface area contributed by atoms with E-state index in [4.69, 9.17) is 13.9 Å². The molecule has 36 heavy (non-hydrogen) atoms. The standard InChI is InChI=1S/C27H35N3O6/c1-34-21-11-5-8-19(16-21)25(27(33)29-20-9-3-2-4-10-20)30(18-22-12-6-14-35-22)24(31)17-28-26(32)23-13-7-15-36-23/h5,7-8,11,13,15-16,20,22,25H,2-4,6,9-10,12,14,17-18H2,1H3,(H,28,32)(H,29,33)/t22-,25-/m0/s1. The van der Waals surface area contributed by atoms with Crippen LogP contribution in [0.15, 0.2) is 47.1 Å². The maximum absolute atomic E-state index is 13.8. The third-order valence-electron chi connectivity index (χ3n) is 6.81. The third-order valence-corrected chi connectivity index (χ3v) is 6.81. The molecule has 9 nitrogen and oxygen atoms in total. The van der Waals surface area contributed by atoms with Crippen LogP contribution >= 0.6 is 0 Å². The number of hydrogen-bond donors (Lipinski definition) is 2. The van der Waals surface area contributed by atoms with E-state index in [1.165, 1.54) is 23.7 Å². The number of nitrogens with one attached hydrogen (secondary N) is 2. The van der Waals surface area contributed by atoms with Crippen LogP contribution in [0.2, 0.25) is 0 Å². The molecular formula is C27H35N3O6. The number of carbonyl (C=O) groups excluding carboxylic acids is 3. The Morgan fingerprint density at radius 3 is 2.61 bits per heavy atom. The van der Waals surface area contributed by atoms with E-state index >= 15 is 0 Å². The van der Waals surface area contributed by atoms with Crippen LogP contribution in [0.1, 0.15) is 67.1 Å². The molecule has 0 spiro atoms. The van der Waals surface area contributed by atoms with E-state index in [1.807, 2.05) is 12.1 Å². The fourth-order valence-corrected chi connectivity index (χ4v) is 4.92. The third kappa shape index (κ3) is 6.66. The van der Waals surface area contributed by atoms with Gasteiger partial charge in [-0.25, -0.2) is 0 Å². The topological polar surface area (TPSA) is 110 Å². The second-order valence-electron chi connectivity index (χ2n) is 9.36. The number of nitrogens with zero attached hydrogens (tertiary/aromatic N) is 1. The number of furan rings is 1. The Labute approximate surface area is 211 Å². The van der Waals surface area contributed by atoms with Crippen molar-refractivity contribution in [1.29, 1.82) is 0 Å². The number of hydrogen-bond acceptors (Lipinski definition) is 6. The van der Waals surface area contributed by atoms with Gasteiger partial charge in [-0.15, -0.1) is 0 Å². The highest BCUT2D eigenvalue weighted by molar-refractivity contribution is 5.95. The Kier molecular flexibility index (Phi) is 9.00. The largest absolute Gasteiger partial charge is 0.497 e. The monoisotopic (exact) mass is 497 g/mol. The lowest BCUT2D eigenvalue weighted by atomic mass is 9.94. The second-order valence-corrected chi connectivity index (χ2v) is 9.36. The summed E-state index contributed by atoms with van der Waals surface area (Å²) >= 11 is 0. The molecule has 2 fully saturated rings. The highest BCUT2D eigenvalue weighted by Gasteiger charge is 2.35. The molecule has 1 aromatic carbocycles. The summed E-state index contributed by atoms with van der Waals surface area (Å²) in [6, 6.07) is 9.54. The lowest BCUT2D eigenvalue weighted by Crippen LogP contribution is -2.51. The molecule has 2 atom stereocenters. The highest BCUT2D eigenvalue weighted by atomic mass is 16.5. The first-order valence-electron chi connectivity index (χ1n) is 12.7. The van der Waals surface area contributed by atoms with Crippen LogP contribution in [0.4, 0.5) is 0 Å². The molecule has 2 heterocycles. The molecule has 1 saturated heterocycles. The van der Waals surface area contributed by atoms with Crippen LogP contribution in [0, 0.1) is 0 Å². The molecule has 0 bridgehead atoms. The number of amides is 3. The van der Waals surface area contributed by atoms with Crippen LogP contribution in [0.5, 0.6) is 5.75 Å². The summed E-state index contributed by atoms with van der Waals surface area (Å²) in [6.45, 7) is 0.596. The van der Waals surface area contributed by atoms with E-state index in [2.05, 4.69) is 10.6 Å². The first-order chi connectivity index (χ1) is 17.5. The van der Waals surface area contributed by atoms with Crippen LogP contribution in [0.3, 0.4) is 0 Å². The minimum atomic E-state index is -0.890. The minimum absolute atomic E-state index is 0.0812. The van der Waals surface area contributed by atoms with E-state index < -0.39 is 11.9 Å². The van der Waals surface area contributed by atoms with Gasteiger partial charge in [0.15, 0.2) is 5.76 Å². The smallest absolute Gasteiger partial charge is 0.287 e. The Hall–Kier alpha value is -3.33. The molecule has 0 unspecified atom stereocenters. The van der Waals surface area contributed by atoms with Gasteiger partial charge < -0.3 is 29.4 Å². The summed E-state index contributed by atoms with van der Waals surface area (Å²) in [5, 5.41) is 5.80. The van der Waals surface area contributed by atoms with Gasteiger partial charge in [-0.1, -0.05) is 31.4 Å². The van der Waals surface area contributed by atoms with Crippen molar-refractivity contribution < 1.29 is 28.3 Å². The predicted molar refractivity (Wildman–Crippen MR) is 132 cm³/mol. The molecule has 4 rings (SSSR count). The van der Waals surface area contributed by atoms with Gasteiger partial charge >= 0.3 is 0 Å². The maximum Gasteiger partial charge on any atom is 0.287 e. The number of methoxy groups -OCH3 is 1. The Morgan fingerprint density at radius 1 is 1.08 bits per heavy atom. The molecule has 2 aliphatic rings. The highest BCUT2D eigenvalue weighted by Crippen LogP contribution is 2.28. The van der Waals surface area contributed by atoms with Gasteiger partial charge in [-0.05, 0) is 55.5 Å². The summed E-state index contributed by atoms with van der Waals surface area (Å²) in [5.74, 6) is -0.391. The van der Waals surface area contributed by atoms with Gasteiger partial charge in [0, 0.05) is 19.2 Å². The first kappa shape index (κ1) is 25.8. The zero-order valence-corrected chi connectivity index (χ0v) is 20.7. The summed E-state index contributed by atoms with van der Waals surface area (Å²) in [5.41, 5.74) is 0.645. The Bertz CT molecular complexity index is 1010. The second kappa shape index (κ2) is 12.6. The summed E-state index contributed by atoms with van der Waals surface area (Å²) < 4.78 is 16.4. The van der Waals surface area contributed by atoms with Crippen molar-refractivity contribution in [2.45, 2.75) is 63.1 Å². The van der Waals surface area contributed by atoms with E-state index in [-0.39, 0.29) is 42.8 Å². The van der Waals surface area contributed by atoms with Crippen molar-refractivity contribution in [3.63, 3.8) is 0 Å². The maximum atomic E-state index is 13.8. The van der Waals surface area contributed by atoms with Gasteiger partial charge in [0.1, 0.15) is 11.8 Å². The molecular weight excluding hydrogens is 462 g/mol. The number of carbonyl (C=O) groups is 3. The lowest BCUT2D eigenvalue weighted by Gasteiger charge is -2.34. The zero-order valence-electron chi connectivity index (χ0n) is 20.7. The molecule has 3 amide bonds. The molecule has 2 N–H and O–H groups in total. The van der Waals surface area contributed by atoms with Crippen molar-refractivity contribution in [2.75, 3.05) is 26.8 Å². The van der Waals surface area contributed by atoms with Gasteiger partial charge in [0.25, 0.3) is 5.91 Å². The Balaban J connectivity index is 1.60. The van der Waals surface area contributed by atoms with E-state index in [0.29, 0.717) is 17.9 Å². The van der Waals surface area contributed by atoms with Crippen molar-refractivity contribution >= 4 is 17.7 Å². The quantitative estimate of drug-likeness (QED) is 0.522. The molecule has 1 aliphatic carbocycles. The molecule has 194 valence electrons. The van der Waals surface area contributed by atoms with Gasteiger partial charge in [-0.3, -0.25) is 14.4 Å². The van der Waals surface area contributed by atoms with Gasteiger partial charge in [0.2, 0.25) is 11.8 Å². The van der Waals surface area contributed by atoms with Crippen molar-refractivity contribution in [3.8, 4) is 5.75 Å². The normalized spacial score (nSPS) is 18.9. The molecule has 2 aromatic rings. The predicted octanol–water partition coefficient (Wildman–Crippen LogP) is 3.22. The summed E-state index contributed by atoms with van der Waals surface area (Å²) in [6.07, 6.45) is 8.10. The van der Waals surface area contributed by atoms with E-state index in [0.717, 1.165) is 38.5 Å². The van der Waals surface area contributed by atoms with E-state index in [1.54, 1.807) is 25.3 Å². The van der Waals surface area contributed by atoms with Crippen LogP contribution < -0.4 is 15.4 Å². The van der Waals surface area contributed by atoms with Crippen molar-refractivity contribution in [1.82, 2.24) is 15.5 Å². The van der Waals surface area contributed by atoms with Crippen LogP contribution in [-0.2, 0) is 14.3 Å². The van der Waals surface area contributed by atoms with Crippen LogP contribution in [0.25, 0.3) is 0 Å². The average molecular weight is 498 g/mol. The van der Waals surface area contributed by atoms with Crippen LogP contribution in [-0.4, -0.2) is 61.6 Å². The SMILES string of the molecule is COc1cccc([C@@H](C(=O)NC2CCCCC2)N(C[C@@H]2CCCO2)C(=O)CNC(=O)c2ccco2)c1. The van der Waals surface area contributed by atoms with E-state index in [9.17, 15) is 14.4 Å². The minimum Gasteiger partial charge on any atom is -0.497 e. The van der Waals surface area contributed by atoms with Gasteiger partial charge in [-0.2, -0.15) is 0 Å². The Morgan fingerprint density at radius 2 is 1.92 bits per heavy atom. The lowest BCUT2D eigenvalue weighted by molar-refractivity contribution is -0.142. The summed E-state index contributed by atoms with van der Waals surface area (Å²) in [4.78, 5) is 41.3. The molecule has 0 radical (unpaired) electrons. The fraction of sp³-hybridized carbons (Fsp3) is 0.519. The van der Waals surface area contributed by atoms with Gasteiger partial charge in [0.05, 0.1) is 26.0 Å². The molecule has 1 aromatic heterocycles.